The van der Waals surface area contributed by atoms with Gasteiger partial charge in [0.2, 0.25) is 0 Å². The van der Waals surface area contributed by atoms with Crippen LogP contribution in [0, 0.1) is 0 Å². The first-order chi connectivity index (χ1) is 5.33. The van der Waals surface area contributed by atoms with Crippen LogP contribution in [0.3, 0.4) is 0 Å². The number of rotatable bonds is 5. The van der Waals surface area contributed by atoms with Crippen LogP contribution in [0.15, 0.2) is 0 Å². The highest BCUT2D eigenvalue weighted by Gasteiger charge is 1.78. The van der Waals surface area contributed by atoms with Gasteiger partial charge < -0.3 is 15.2 Å². The Morgan fingerprint density at radius 2 is 1.82 bits per heavy atom. The summed E-state index contributed by atoms with van der Waals surface area (Å²) in [6, 6.07) is 0. The Balaban J connectivity index is -0.000000142. The van der Waals surface area contributed by atoms with E-state index < -0.39 is 0 Å². The molecular weight excluding hydrogens is 142 g/mol. The molecule has 3 nitrogen and oxygen atoms in total. The molecule has 0 aromatic rings. The van der Waals surface area contributed by atoms with E-state index in [0.29, 0.717) is 13.2 Å². The Kier molecular flexibility index (Phi) is 20.2. The summed E-state index contributed by atoms with van der Waals surface area (Å²) in [7, 11) is 1.67. The molecule has 3 heteroatoms. The molecule has 0 rings (SSSR count). The highest BCUT2D eigenvalue weighted by molar-refractivity contribution is 4.22. The summed E-state index contributed by atoms with van der Waals surface area (Å²) in [4.78, 5) is 0. The SMILES string of the molecule is CCCN.CCOCCOC.[HH]. The lowest BCUT2D eigenvalue weighted by molar-refractivity contribution is 0.0777. The quantitative estimate of drug-likeness (QED) is 0.624. The minimum Gasteiger partial charge on any atom is -0.382 e. The molecular formula is C8H23NO2. The van der Waals surface area contributed by atoms with E-state index in [2.05, 4.69) is 6.92 Å². The van der Waals surface area contributed by atoms with E-state index in [-0.39, 0.29) is 1.43 Å². The molecule has 0 saturated carbocycles. The van der Waals surface area contributed by atoms with E-state index in [9.17, 15) is 0 Å². The van der Waals surface area contributed by atoms with Crippen LogP contribution in [0.2, 0.25) is 0 Å². The van der Waals surface area contributed by atoms with Crippen LogP contribution in [0.4, 0.5) is 0 Å². The maximum absolute atomic E-state index is 5.03. The summed E-state index contributed by atoms with van der Waals surface area (Å²) < 4.78 is 9.67. The fraction of sp³-hybridized carbons (Fsp3) is 1.00. The Morgan fingerprint density at radius 3 is 2.09 bits per heavy atom. The number of methoxy groups -OCH3 is 1. The predicted octanol–water partition coefficient (Wildman–Crippen LogP) is 1.27. The van der Waals surface area contributed by atoms with Gasteiger partial charge in [-0.2, -0.15) is 0 Å². The van der Waals surface area contributed by atoms with Crippen LogP contribution in [0.5, 0.6) is 0 Å². The first kappa shape index (κ1) is 13.5. The van der Waals surface area contributed by atoms with Gasteiger partial charge in [0.1, 0.15) is 0 Å². The molecule has 0 atom stereocenters. The van der Waals surface area contributed by atoms with Gasteiger partial charge in [0.25, 0.3) is 0 Å². The molecule has 0 unspecified atom stereocenters. The predicted molar refractivity (Wildman–Crippen MR) is 49.8 cm³/mol. The van der Waals surface area contributed by atoms with Crippen molar-refractivity contribution in [2.75, 3.05) is 33.5 Å². The second-order valence-electron chi connectivity index (χ2n) is 1.98. The van der Waals surface area contributed by atoms with Gasteiger partial charge in [-0.15, -0.1) is 0 Å². The Labute approximate surface area is 71.4 Å². The molecule has 0 aromatic carbocycles. The lowest BCUT2D eigenvalue weighted by atomic mass is 10.5. The third-order valence-corrected chi connectivity index (χ3v) is 0.925. The molecule has 2 N–H and O–H groups in total. The minimum absolute atomic E-state index is 0. The van der Waals surface area contributed by atoms with Gasteiger partial charge >= 0.3 is 0 Å². The average molecular weight is 165 g/mol. The fourth-order valence-electron chi connectivity index (χ4n) is 0.287. The van der Waals surface area contributed by atoms with E-state index in [1.807, 2.05) is 6.92 Å². The van der Waals surface area contributed by atoms with Crippen molar-refractivity contribution < 1.29 is 10.9 Å². The Bertz CT molecular complexity index is 50.3. The second-order valence-corrected chi connectivity index (χ2v) is 1.98. The number of hydrogen-bond acceptors (Lipinski definition) is 3. The van der Waals surface area contributed by atoms with E-state index in [1.54, 1.807) is 7.11 Å². The van der Waals surface area contributed by atoms with Crippen LogP contribution in [0.1, 0.15) is 21.7 Å². The molecule has 0 aromatic heterocycles. The summed E-state index contributed by atoms with van der Waals surface area (Å²) in [5.41, 5.74) is 5.03. The first-order valence-corrected chi connectivity index (χ1v) is 4.10. The lowest BCUT2D eigenvalue weighted by Crippen LogP contribution is -2.00. The standard InChI is InChI=1S/C5H12O2.C3H9N.H2/c1-3-7-5-4-6-2;1-2-3-4;/h3-5H2,1-2H3;2-4H2,1H3;1H. The summed E-state index contributed by atoms with van der Waals surface area (Å²) in [6.07, 6.45) is 1.10. The topological polar surface area (TPSA) is 44.5 Å². The van der Waals surface area contributed by atoms with Crippen molar-refractivity contribution in [3.63, 3.8) is 0 Å². The van der Waals surface area contributed by atoms with Crippen molar-refractivity contribution in [1.29, 1.82) is 0 Å². The van der Waals surface area contributed by atoms with Gasteiger partial charge in [0.15, 0.2) is 0 Å². The lowest BCUT2D eigenvalue weighted by Gasteiger charge is -1.96. The zero-order valence-electron chi connectivity index (χ0n) is 7.93. The van der Waals surface area contributed by atoms with Crippen molar-refractivity contribution in [1.82, 2.24) is 0 Å². The largest absolute Gasteiger partial charge is 0.382 e. The van der Waals surface area contributed by atoms with Crippen LogP contribution in [-0.2, 0) is 9.47 Å². The van der Waals surface area contributed by atoms with Crippen molar-refractivity contribution in [2.45, 2.75) is 20.3 Å². The third-order valence-electron chi connectivity index (χ3n) is 0.925. The first-order valence-electron chi connectivity index (χ1n) is 4.10. The molecule has 0 heterocycles. The number of hydrogen-bond donors (Lipinski definition) is 1. The van der Waals surface area contributed by atoms with E-state index in [1.165, 1.54) is 0 Å². The molecule has 0 radical (unpaired) electrons. The van der Waals surface area contributed by atoms with Crippen LogP contribution >= 0.6 is 0 Å². The molecule has 0 spiro atoms. The summed E-state index contributed by atoms with van der Waals surface area (Å²) in [6.45, 7) is 7.04. The Hall–Kier alpha value is -0.120. The summed E-state index contributed by atoms with van der Waals surface area (Å²) >= 11 is 0. The molecule has 0 bridgehead atoms. The van der Waals surface area contributed by atoms with Gasteiger partial charge in [0.05, 0.1) is 13.2 Å². The van der Waals surface area contributed by atoms with Crippen molar-refractivity contribution in [3.8, 4) is 0 Å². The fourth-order valence-corrected chi connectivity index (χ4v) is 0.287. The molecule has 72 valence electrons. The zero-order valence-corrected chi connectivity index (χ0v) is 7.93. The van der Waals surface area contributed by atoms with Crippen LogP contribution < -0.4 is 5.73 Å². The molecule has 0 fully saturated rings. The van der Waals surface area contributed by atoms with E-state index in [0.717, 1.165) is 19.6 Å². The van der Waals surface area contributed by atoms with Gasteiger partial charge in [-0.1, -0.05) is 6.92 Å². The highest BCUT2D eigenvalue weighted by Crippen LogP contribution is 1.71. The highest BCUT2D eigenvalue weighted by atomic mass is 16.5. The maximum atomic E-state index is 5.03. The molecule has 11 heavy (non-hydrogen) atoms. The monoisotopic (exact) mass is 165 g/mol. The third kappa shape index (κ3) is 25.8. The Morgan fingerprint density at radius 1 is 1.27 bits per heavy atom. The molecule has 0 amide bonds. The van der Waals surface area contributed by atoms with Crippen molar-refractivity contribution in [3.05, 3.63) is 0 Å². The maximum Gasteiger partial charge on any atom is 0.0700 e. The average Bonchev–Trinajstić information content (AvgIpc) is 2.06. The molecule has 0 saturated heterocycles. The summed E-state index contributed by atoms with van der Waals surface area (Å²) in [5.74, 6) is 0. The van der Waals surface area contributed by atoms with E-state index in [4.69, 9.17) is 15.2 Å². The van der Waals surface area contributed by atoms with Gasteiger partial charge in [0, 0.05) is 15.1 Å². The smallest absolute Gasteiger partial charge is 0.0700 e. The summed E-state index contributed by atoms with van der Waals surface area (Å²) in [5, 5.41) is 0. The molecule has 0 aliphatic heterocycles. The van der Waals surface area contributed by atoms with E-state index >= 15 is 0 Å². The minimum atomic E-state index is 0. The second kappa shape index (κ2) is 16.5. The van der Waals surface area contributed by atoms with Crippen molar-refractivity contribution >= 4 is 0 Å². The van der Waals surface area contributed by atoms with Gasteiger partial charge in [-0.05, 0) is 19.9 Å². The normalized spacial score (nSPS) is 8.73. The number of ether oxygens (including phenoxy) is 2. The number of nitrogens with two attached hydrogens (primary N) is 1. The van der Waals surface area contributed by atoms with Crippen LogP contribution in [-0.4, -0.2) is 33.5 Å². The van der Waals surface area contributed by atoms with Crippen molar-refractivity contribution in [2.24, 2.45) is 5.73 Å². The molecule has 0 aliphatic carbocycles. The molecule has 0 aliphatic rings. The van der Waals surface area contributed by atoms with Gasteiger partial charge in [-0.3, -0.25) is 0 Å². The van der Waals surface area contributed by atoms with Crippen LogP contribution in [0.25, 0.3) is 0 Å². The zero-order chi connectivity index (χ0) is 8.95. The van der Waals surface area contributed by atoms with Gasteiger partial charge in [-0.25, -0.2) is 0 Å².